The lowest BCUT2D eigenvalue weighted by atomic mass is 10.2. The molecule has 1 aliphatic carbocycles. The fourth-order valence-corrected chi connectivity index (χ4v) is 2.78. The molecule has 6 heteroatoms. The molecule has 2 heterocycles. The summed E-state index contributed by atoms with van der Waals surface area (Å²) in [5.74, 6) is 1.64. The van der Waals surface area contributed by atoms with E-state index in [1.54, 1.807) is 12.4 Å². The molecule has 0 radical (unpaired) electrons. The number of aromatic nitrogens is 2. The highest BCUT2D eigenvalue weighted by Crippen LogP contribution is 2.32. The van der Waals surface area contributed by atoms with E-state index in [1.807, 2.05) is 6.07 Å². The molecule has 2 aliphatic rings. The number of hydrogen-bond acceptors (Lipinski definition) is 5. The third-order valence-electron chi connectivity index (χ3n) is 4.29. The molecular weight excluding hydrogens is 266 g/mol. The first-order valence-corrected chi connectivity index (χ1v) is 7.76. The molecule has 1 amide bonds. The van der Waals surface area contributed by atoms with Crippen molar-refractivity contribution in [2.24, 2.45) is 5.92 Å². The molecule has 0 aromatic carbocycles. The van der Waals surface area contributed by atoms with Gasteiger partial charge in [-0.3, -0.25) is 9.69 Å². The molecule has 1 aromatic heterocycles. The number of nitrogens with one attached hydrogen (secondary N) is 1. The summed E-state index contributed by atoms with van der Waals surface area (Å²) in [4.78, 5) is 24.9. The van der Waals surface area contributed by atoms with Crippen LogP contribution in [0.4, 0.5) is 5.95 Å². The Bertz CT molecular complexity index is 468. The van der Waals surface area contributed by atoms with Crippen molar-refractivity contribution in [2.45, 2.75) is 25.8 Å². The fraction of sp³-hybridized carbons (Fsp3) is 0.667. The SMILES string of the molecule is CC(NC(=O)CN1CCN(c2ncccn2)CC1)C1CC1. The minimum Gasteiger partial charge on any atom is -0.352 e. The van der Waals surface area contributed by atoms with Gasteiger partial charge in [-0.1, -0.05) is 0 Å². The van der Waals surface area contributed by atoms with E-state index < -0.39 is 0 Å². The van der Waals surface area contributed by atoms with Gasteiger partial charge in [-0.2, -0.15) is 0 Å². The second kappa shape index (κ2) is 6.39. The van der Waals surface area contributed by atoms with Gasteiger partial charge in [0.1, 0.15) is 0 Å². The van der Waals surface area contributed by atoms with Gasteiger partial charge in [0.05, 0.1) is 6.54 Å². The lowest BCUT2D eigenvalue weighted by molar-refractivity contribution is -0.123. The first-order chi connectivity index (χ1) is 10.2. The third kappa shape index (κ3) is 3.91. The summed E-state index contributed by atoms with van der Waals surface area (Å²) in [5.41, 5.74) is 0. The second-order valence-electron chi connectivity index (χ2n) is 6.01. The number of carbonyl (C=O) groups is 1. The third-order valence-corrected chi connectivity index (χ3v) is 4.29. The van der Waals surface area contributed by atoms with E-state index in [0.717, 1.165) is 32.1 Å². The van der Waals surface area contributed by atoms with Crippen molar-refractivity contribution in [2.75, 3.05) is 37.6 Å². The Hall–Kier alpha value is -1.69. The molecule has 1 saturated carbocycles. The minimum absolute atomic E-state index is 0.152. The summed E-state index contributed by atoms with van der Waals surface area (Å²) in [6, 6.07) is 2.15. The van der Waals surface area contributed by atoms with Crippen molar-refractivity contribution < 1.29 is 4.79 Å². The number of amides is 1. The zero-order valence-corrected chi connectivity index (χ0v) is 12.5. The standard InChI is InChI=1S/C15H23N5O/c1-12(13-3-4-13)18-14(21)11-19-7-9-20(10-8-19)15-16-5-2-6-17-15/h2,5-6,12-13H,3-4,7-11H2,1H3,(H,18,21). The monoisotopic (exact) mass is 289 g/mol. The van der Waals surface area contributed by atoms with Crippen LogP contribution in [0.15, 0.2) is 18.5 Å². The summed E-state index contributed by atoms with van der Waals surface area (Å²) >= 11 is 0. The van der Waals surface area contributed by atoms with E-state index in [2.05, 4.69) is 32.0 Å². The van der Waals surface area contributed by atoms with E-state index in [1.165, 1.54) is 12.8 Å². The molecule has 114 valence electrons. The number of nitrogens with zero attached hydrogens (tertiary/aromatic N) is 4. The summed E-state index contributed by atoms with van der Waals surface area (Å²) in [6.07, 6.45) is 6.05. The van der Waals surface area contributed by atoms with Crippen LogP contribution in [0.25, 0.3) is 0 Å². The number of piperazine rings is 1. The van der Waals surface area contributed by atoms with Gasteiger partial charge in [-0.25, -0.2) is 9.97 Å². The maximum atomic E-state index is 12.0. The van der Waals surface area contributed by atoms with Crippen molar-refractivity contribution in [1.82, 2.24) is 20.2 Å². The first-order valence-electron chi connectivity index (χ1n) is 7.76. The van der Waals surface area contributed by atoms with Crippen molar-refractivity contribution in [3.63, 3.8) is 0 Å². The lowest BCUT2D eigenvalue weighted by Gasteiger charge is -2.34. The predicted octanol–water partition coefficient (Wildman–Crippen LogP) is 0.513. The van der Waals surface area contributed by atoms with Gasteiger partial charge in [0, 0.05) is 44.6 Å². The van der Waals surface area contributed by atoms with Crippen LogP contribution in [-0.4, -0.2) is 59.5 Å². The summed E-state index contributed by atoms with van der Waals surface area (Å²) in [5, 5.41) is 3.11. The largest absolute Gasteiger partial charge is 0.352 e. The molecule has 6 nitrogen and oxygen atoms in total. The second-order valence-corrected chi connectivity index (χ2v) is 6.01. The summed E-state index contributed by atoms with van der Waals surface area (Å²) < 4.78 is 0. The van der Waals surface area contributed by atoms with Crippen molar-refractivity contribution in [3.05, 3.63) is 18.5 Å². The molecular formula is C15H23N5O. The van der Waals surface area contributed by atoms with Crippen LogP contribution in [-0.2, 0) is 4.79 Å². The molecule has 0 spiro atoms. The maximum absolute atomic E-state index is 12.0. The topological polar surface area (TPSA) is 61.4 Å². The zero-order valence-electron chi connectivity index (χ0n) is 12.5. The van der Waals surface area contributed by atoms with Crippen LogP contribution < -0.4 is 10.2 Å². The highest BCUT2D eigenvalue weighted by Gasteiger charge is 2.29. The number of hydrogen-bond donors (Lipinski definition) is 1. The average molecular weight is 289 g/mol. The molecule has 3 rings (SSSR count). The molecule has 1 saturated heterocycles. The molecule has 21 heavy (non-hydrogen) atoms. The highest BCUT2D eigenvalue weighted by atomic mass is 16.2. The lowest BCUT2D eigenvalue weighted by Crippen LogP contribution is -2.50. The molecule has 2 fully saturated rings. The van der Waals surface area contributed by atoms with E-state index in [4.69, 9.17) is 0 Å². The summed E-state index contributed by atoms with van der Waals surface area (Å²) in [7, 11) is 0. The Morgan fingerprint density at radius 2 is 1.95 bits per heavy atom. The molecule has 1 aromatic rings. The van der Waals surface area contributed by atoms with Crippen molar-refractivity contribution in [1.29, 1.82) is 0 Å². The number of rotatable bonds is 5. The number of anilines is 1. The molecule has 1 unspecified atom stereocenters. The van der Waals surface area contributed by atoms with Gasteiger partial charge in [-0.05, 0) is 31.7 Å². The Kier molecular flexibility index (Phi) is 4.34. The molecule has 1 N–H and O–H groups in total. The van der Waals surface area contributed by atoms with Crippen LogP contribution in [0, 0.1) is 5.92 Å². The number of carbonyl (C=O) groups excluding carboxylic acids is 1. The van der Waals surface area contributed by atoms with Gasteiger partial charge in [0.25, 0.3) is 0 Å². The van der Waals surface area contributed by atoms with Gasteiger partial charge >= 0.3 is 0 Å². The minimum atomic E-state index is 0.152. The Morgan fingerprint density at radius 1 is 1.29 bits per heavy atom. The van der Waals surface area contributed by atoms with E-state index in [0.29, 0.717) is 18.5 Å². The average Bonchev–Trinajstić information content (AvgIpc) is 3.33. The van der Waals surface area contributed by atoms with Crippen molar-refractivity contribution in [3.8, 4) is 0 Å². The van der Waals surface area contributed by atoms with Crippen molar-refractivity contribution >= 4 is 11.9 Å². The van der Waals surface area contributed by atoms with Gasteiger partial charge in [0.15, 0.2) is 0 Å². The van der Waals surface area contributed by atoms with Crippen LogP contribution in [0.1, 0.15) is 19.8 Å². The molecule has 1 atom stereocenters. The van der Waals surface area contributed by atoms with Gasteiger partial charge in [0.2, 0.25) is 11.9 Å². The zero-order chi connectivity index (χ0) is 14.7. The van der Waals surface area contributed by atoms with E-state index in [9.17, 15) is 4.79 Å². The molecule has 1 aliphatic heterocycles. The summed E-state index contributed by atoms with van der Waals surface area (Å²) in [6.45, 7) is 6.11. The quantitative estimate of drug-likeness (QED) is 0.856. The van der Waals surface area contributed by atoms with E-state index in [-0.39, 0.29) is 5.91 Å². The highest BCUT2D eigenvalue weighted by molar-refractivity contribution is 5.78. The van der Waals surface area contributed by atoms with E-state index >= 15 is 0 Å². The first kappa shape index (κ1) is 14.3. The maximum Gasteiger partial charge on any atom is 0.234 e. The Labute approximate surface area is 125 Å². The van der Waals surface area contributed by atoms with Crippen LogP contribution in [0.2, 0.25) is 0 Å². The van der Waals surface area contributed by atoms with Crippen LogP contribution in [0.5, 0.6) is 0 Å². The Balaban J connectivity index is 1.42. The molecule has 0 bridgehead atoms. The Morgan fingerprint density at radius 3 is 2.57 bits per heavy atom. The normalized spacial score (nSPS) is 21.1. The van der Waals surface area contributed by atoms with Crippen LogP contribution in [0.3, 0.4) is 0 Å². The van der Waals surface area contributed by atoms with Gasteiger partial charge < -0.3 is 10.2 Å². The van der Waals surface area contributed by atoms with Gasteiger partial charge in [-0.15, -0.1) is 0 Å². The van der Waals surface area contributed by atoms with Crippen LogP contribution >= 0.6 is 0 Å². The smallest absolute Gasteiger partial charge is 0.234 e. The fourth-order valence-electron chi connectivity index (χ4n) is 2.78. The predicted molar refractivity (Wildman–Crippen MR) is 81.0 cm³/mol.